The van der Waals surface area contributed by atoms with Crippen molar-refractivity contribution in [3.05, 3.63) is 71.9 Å². The van der Waals surface area contributed by atoms with E-state index >= 15 is 0 Å². The molecule has 2 aromatic carbocycles. The highest BCUT2D eigenvalue weighted by Gasteiger charge is 2.37. The van der Waals surface area contributed by atoms with Gasteiger partial charge in [-0.05, 0) is 36.2 Å². The third kappa shape index (κ3) is 6.94. The van der Waals surface area contributed by atoms with Crippen molar-refractivity contribution in [2.75, 3.05) is 40.1 Å². The first kappa shape index (κ1) is 29.6. The highest BCUT2D eigenvalue weighted by molar-refractivity contribution is 6.09. The van der Waals surface area contributed by atoms with Crippen LogP contribution in [-0.4, -0.2) is 77.5 Å². The summed E-state index contributed by atoms with van der Waals surface area (Å²) in [5, 5.41) is 12.6. The number of hydrogen-bond acceptors (Lipinski definition) is 7. The van der Waals surface area contributed by atoms with Crippen LogP contribution in [0.1, 0.15) is 30.0 Å². The van der Waals surface area contributed by atoms with Gasteiger partial charge in [-0.15, -0.1) is 0 Å². The summed E-state index contributed by atoms with van der Waals surface area (Å²) in [6.45, 7) is 1.54. The fourth-order valence-corrected chi connectivity index (χ4v) is 5.11. The maximum Gasteiger partial charge on any atom is 0.404 e. The van der Waals surface area contributed by atoms with E-state index in [1.807, 2.05) is 59.2 Å². The van der Waals surface area contributed by atoms with E-state index in [1.54, 1.807) is 13.3 Å². The van der Waals surface area contributed by atoms with Gasteiger partial charge in [0.05, 0.1) is 39.0 Å². The number of hydrogen-bond donors (Lipinski definition) is 2. The number of likely N-dealkylation sites (tertiary alicyclic amines) is 1. The number of methoxy groups -OCH3 is 1. The maximum absolute atomic E-state index is 13.8. The van der Waals surface area contributed by atoms with Crippen LogP contribution in [0, 0.1) is 11.8 Å². The van der Waals surface area contributed by atoms with E-state index < -0.39 is 12.1 Å². The second kappa shape index (κ2) is 13.8. The van der Waals surface area contributed by atoms with E-state index in [-0.39, 0.29) is 44.5 Å². The molecule has 3 heterocycles. The number of carboxylic acid groups (broad SMARTS) is 1. The molecule has 0 radical (unpaired) electrons. The average molecular weight is 585 g/mol. The first-order chi connectivity index (χ1) is 21.0. The molecule has 2 aromatic heterocycles. The van der Waals surface area contributed by atoms with Gasteiger partial charge in [0.2, 0.25) is 5.91 Å². The molecule has 43 heavy (non-hydrogen) atoms. The molecule has 11 nitrogen and oxygen atoms in total. The lowest BCUT2D eigenvalue weighted by Crippen LogP contribution is -2.45. The van der Waals surface area contributed by atoms with E-state index in [2.05, 4.69) is 17.2 Å². The van der Waals surface area contributed by atoms with Crippen LogP contribution in [0.5, 0.6) is 5.75 Å². The van der Waals surface area contributed by atoms with Gasteiger partial charge in [0, 0.05) is 35.5 Å². The van der Waals surface area contributed by atoms with Crippen molar-refractivity contribution in [2.24, 2.45) is 0 Å². The van der Waals surface area contributed by atoms with Gasteiger partial charge in [-0.2, -0.15) is 0 Å². The number of pyridine rings is 1. The Morgan fingerprint density at radius 2 is 1.86 bits per heavy atom. The van der Waals surface area contributed by atoms with Crippen molar-refractivity contribution in [3.8, 4) is 17.6 Å². The lowest BCUT2D eigenvalue weighted by atomic mass is 10.0. The van der Waals surface area contributed by atoms with E-state index in [9.17, 15) is 14.4 Å². The largest absolute Gasteiger partial charge is 0.497 e. The molecular formula is C32H32N4O7. The molecule has 1 atom stereocenters. The molecule has 2 N–H and O–H groups in total. The molecule has 4 aromatic rings. The van der Waals surface area contributed by atoms with Gasteiger partial charge in [0.25, 0.3) is 5.91 Å². The molecule has 1 aliphatic rings. The van der Waals surface area contributed by atoms with E-state index in [0.717, 1.165) is 21.9 Å². The van der Waals surface area contributed by atoms with Gasteiger partial charge in [-0.3, -0.25) is 14.5 Å². The summed E-state index contributed by atoms with van der Waals surface area (Å²) >= 11 is 0. The first-order valence-corrected chi connectivity index (χ1v) is 13.9. The number of amides is 3. The predicted molar refractivity (Wildman–Crippen MR) is 159 cm³/mol. The monoisotopic (exact) mass is 584 g/mol. The number of piperidine rings is 1. The number of rotatable bonds is 11. The minimum absolute atomic E-state index is 0.188. The second-order valence-electron chi connectivity index (χ2n) is 9.90. The lowest BCUT2D eigenvalue weighted by Gasteiger charge is -2.32. The fourth-order valence-electron chi connectivity index (χ4n) is 5.11. The van der Waals surface area contributed by atoms with Crippen LogP contribution < -0.4 is 10.1 Å². The van der Waals surface area contributed by atoms with Gasteiger partial charge >= 0.3 is 6.09 Å². The molecular weight excluding hydrogens is 552 g/mol. The van der Waals surface area contributed by atoms with Crippen LogP contribution in [0.25, 0.3) is 21.9 Å². The molecule has 1 saturated heterocycles. The van der Waals surface area contributed by atoms with E-state index in [0.29, 0.717) is 36.6 Å². The van der Waals surface area contributed by atoms with Gasteiger partial charge in [-0.1, -0.05) is 42.2 Å². The Kier molecular flexibility index (Phi) is 9.51. The quantitative estimate of drug-likeness (QED) is 0.155. The van der Waals surface area contributed by atoms with Crippen LogP contribution in [-0.2, 0) is 25.6 Å². The number of nitrogens with one attached hydrogen (secondary N) is 1. The van der Waals surface area contributed by atoms with Gasteiger partial charge in [-0.25, -0.2) is 9.78 Å². The minimum atomic E-state index is -1.08. The highest BCUT2D eigenvalue weighted by atomic mass is 16.5. The minimum Gasteiger partial charge on any atom is -0.497 e. The second-order valence-corrected chi connectivity index (χ2v) is 9.90. The predicted octanol–water partition coefficient (Wildman–Crippen LogP) is 3.74. The third-order valence-corrected chi connectivity index (χ3v) is 7.15. The van der Waals surface area contributed by atoms with Crippen LogP contribution in [0.3, 0.4) is 0 Å². The Balaban J connectivity index is 1.30. The first-order valence-electron chi connectivity index (χ1n) is 13.9. The average Bonchev–Trinajstić information content (AvgIpc) is 3.34. The zero-order valence-electron chi connectivity index (χ0n) is 23.7. The molecule has 0 bridgehead atoms. The molecule has 0 spiro atoms. The van der Waals surface area contributed by atoms with E-state index in [4.69, 9.17) is 24.3 Å². The molecule has 1 unspecified atom stereocenters. The number of para-hydroxylation sites is 1. The summed E-state index contributed by atoms with van der Waals surface area (Å²) < 4.78 is 17.9. The van der Waals surface area contributed by atoms with Crippen molar-refractivity contribution in [1.82, 2.24) is 19.8 Å². The molecule has 3 amide bonds. The normalized spacial score (nSPS) is 15.0. The molecule has 11 heteroatoms. The van der Waals surface area contributed by atoms with Crippen molar-refractivity contribution < 1.29 is 33.7 Å². The summed E-state index contributed by atoms with van der Waals surface area (Å²) in [6.07, 6.45) is 1.25. The van der Waals surface area contributed by atoms with Crippen LogP contribution in [0.4, 0.5) is 4.79 Å². The Morgan fingerprint density at radius 1 is 1.07 bits per heavy atom. The van der Waals surface area contributed by atoms with Crippen LogP contribution in [0.15, 0.2) is 60.8 Å². The standard InChI is InChI=1S/C32H32N4O7/c1-41-24-10-8-22(9-11-24)21-35-29(37)13-12-28(31(35)38)36-27-7-3-2-6-25(27)26-19-23(20-34-30(26)36)5-4-15-42-17-18-43-16-14-33-32(39)40/h2-3,6-11,19-20,28,33H,12-18,21H2,1H3,(H,39,40). The number of carbonyl (C=O) groups excluding carboxylic acids is 2. The zero-order valence-corrected chi connectivity index (χ0v) is 23.7. The van der Waals surface area contributed by atoms with Crippen LogP contribution in [0.2, 0.25) is 0 Å². The topological polar surface area (TPSA) is 132 Å². The number of fused-ring (bicyclic) bond motifs is 3. The molecule has 5 rings (SSSR count). The summed E-state index contributed by atoms with van der Waals surface area (Å²) in [5.41, 5.74) is 3.08. The van der Waals surface area contributed by atoms with E-state index in [1.165, 1.54) is 4.90 Å². The highest BCUT2D eigenvalue weighted by Crippen LogP contribution is 2.35. The zero-order chi connectivity index (χ0) is 30.2. The maximum atomic E-state index is 13.8. The van der Waals surface area contributed by atoms with Gasteiger partial charge in [0.15, 0.2) is 0 Å². The third-order valence-electron chi connectivity index (χ3n) is 7.15. The molecule has 0 aliphatic carbocycles. The number of aromatic nitrogens is 2. The summed E-state index contributed by atoms with van der Waals surface area (Å²) in [5.74, 6) is 6.33. The Bertz CT molecular complexity index is 1690. The molecule has 1 fully saturated rings. The summed E-state index contributed by atoms with van der Waals surface area (Å²) in [7, 11) is 1.59. The number of benzene rings is 2. The van der Waals surface area contributed by atoms with Crippen molar-refractivity contribution in [1.29, 1.82) is 0 Å². The van der Waals surface area contributed by atoms with Crippen molar-refractivity contribution in [3.63, 3.8) is 0 Å². The Morgan fingerprint density at radius 3 is 2.65 bits per heavy atom. The number of nitrogens with zero attached hydrogens (tertiary/aromatic N) is 3. The van der Waals surface area contributed by atoms with Crippen molar-refractivity contribution >= 4 is 39.8 Å². The smallest absolute Gasteiger partial charge is 0.404 e. The Labute approximate surface area is 248 Å². The van der Waals surface area contributed by atoms with Gasteiger partial charge < -0.3 is 29.2 Å². The summed E-state index contributed by atoms with van der Waals surface area (Å²) in [6, 6.07) is 16.6. The number of imide groups is 1. The lowest BCUT2D eigenvalue weighted by molar-refractivity contribution is -0.151. The number of ether oxygens (including phenoxy) is 3. The molecule has 1 aliphatic heterocycles. The molecule has 222 valence electrons. The van der Waals surface area contributed by atoms with Crippen LogP contribution >= 0.6 is 0 Å². The Hall–Kier alpha value is -4.92. The van der Waals surface area contributed by atoms with Crippen molar-refractivity contribution in [2.45, 2.75) is 25.4 Å². The number of carbonyl (C=O) groups is 3. The fraction of sp³-hybridized carbons (Fsp3) is 0.312. The molecule has 0 saturated carbocycles. The summed E-state index contributed by atoms with van der Waals surface area (Å²) in [4.78, 5) is 43.1. The van der Waals surface area contributed by atoms with Gasteiger partial charge in [0.1, 0.15) is 24.0 Å². The SMILES string of the molecule is COc1ccc(CN2C(=O)CCC(n3c4ccccc4c4cc(C#CCOCCOCCNC(=O)O)cnc43)C2=O)cc1.